The Hall–Kier alpha value is -2.77. The zero-order valence-corrected chi connectivity index (χ0v) is 14.2. The van der Waals surface area contributed by atoms with E-state index in [0.717, 1.165) is 32.1 Å². The zero-order valence-electron chi connectivity index (χ0n) is 14.2. The number of hydrogen-bond acceptors (Lipinski definition) is 7. The molecule has 1 fully saturated rings. The summed E-state index contributed by atoms with van der Waals surface area (Å²) in [6, 6.07) is 5.26. The van der Waals surface area contributed by atoms with E-state index in [2.05, 4.69) is 9.98 Å². The van der Waals surface area contributed by atoms with Gasteiger partial charge in [-0.1, -0.05) is 12.5 Å². The molecule has 0 aromatic heterocycles. The van der Waals surface area contributed by atoms with E-state index in [-0.39, 0.29) is 18.3 Å². The maximum atomic E-state index is 11.1. The highest BCUT2D eigenvalue weighted by atomic mass is 16.5. The molecule has 1 aromatic carbocycles. The molecule has 134 valence electrons. The molecule has 0 bridgehead atoms. The van der Waals surface area contributed by atoms with Gasteiger partial charge in [0.25, 0.3) is 0 Å². The monoisotopic (exact) mass is 345 g/mol. The summed E-state index contributed by atoms with van der Waals surface area (Å²) in [5.41, 5.74) is 12.8. The molecule has 1 aromatic rings. The molecular formula is C17H23N5O3. The fourth-order valence-corrected chi connectivity index (χ4v) is 3.66. The van der Waals surface area contributed by atoms with Crippen molar-refractivity contribution in [1.29, 1.82) is 0 Å². The SMILES string of the molecule is COc1ccc(CC(=O)O)cc1N1C(N)=NC(N)=NC12CCCCC2. The summed E-state index contributed by atoms with van der Waals surface area (Å²) in [4.78, 5) is 21.7. The lowest BCUT2D eigenvalue weighted by atomic mass is 9.87. The number of nitrogens with zero attached hydrogens (tertiary/aromatic N) is 3. The van der Waals surface area contributed by atoms with Crippen LogP contribution in [-0.4, -0.2) is 35.8 Å². The number of guanidine groups is 2. The molecule has 1 saturated carbocycles. The number of aliphatic imine (C=N–C) groups is 2. The van der Waals surface area contributed by atoms with Crippen molar-refractivity contribution in [1.82, 2.24) is 0 Å². The summed E-state index contributed by atoms with van der Waals surface area (Å²) in [5.74, 6) is 0.121. The molecule has 8 nitrogen and oxygen atoms in total. The van der Waals surface area contributed by atoms with Gasteiger partial charge in [-0.3, -0.25) is 9.69 Å². The summed E-state index contributed by atoms with van der Waals surface area (Å²) in [6.45, 7) is 0. The highest BCUT2D eigenvalue weighted by Gasteiger charge is 2.43. The average molecular weight is 345 g/mol. The molecule has 0 saturated heterocycles. The summed E-state index contributed by atoms with van der Waals surface area (Å²) < 4.78 is 5.49. The number of rotatable bonds is 4. The van der Waals surface area contributed by atoms with Gasteiger partial charge in [-0.15, -0.1) is 0 Å². The summed E-state index contributed by atoms with van der Waals surface area (Å²) in [7, 11) is 1.57. The maximum absolute atomic E-state index is 11.1. The van der Waals surface area contributed by atoms with Crippen molar-refractivity contribution in [3.8, 4) is 5.75 Å². The van der Waals surface area contributed by atoms with Gasteiger partial charge in [-0.05, 0) is 43.4 Å². The lowest BCUT2D eigenvalue weighted by Gasteiger charge is -2.46. The van der Waals surface area contributed by atoms with Gasteiger partial charge in [0.15, 0.2) is 0 Å². The van der Waals surface area contributed by atoms with Gasteiger partial charge >= 0.3 is 5.97 Å². The van der Waals surface area contributed by atoms with Crippen LogP contribution in [0.15, 0.2) is 28.2 Å². The first kappa shape index (κ1) is 17.1. The van der Waals surface area contributed by atoms with Crippen molar-refractivity contribution >= 4 is 23.6 Å². The van der Waals surface area contributed by atoms with E-state index in [1.54, 1.807) is 25.3 Å². The number of carboxylic acids is 1. The second-order valence-corrected chi connectivity index (χ2v) is 6.40. The van der Waals surface area contributed by atoms with Gasteiger partial charge in [0.2, 0.25) is 11.9 Å². The van der Waals surface area contributed by atoms with Gasteiger partial charge in [-0.25, -0.2) is 4.99 Å². The Morgan fingerprint density at radius 2 is 2.04 bits per heavy atom. The van der Waals surface area contributed by atoms with Crippen LogP contribution in [0, 0.1) is 0 Å². The molecule has 5 N–H and O–H groups in total. The van der Waals surface area contributed by atoms with E-state index in [1.807, 2.05) is 4.90 Å². The van der Waals surface area contributed by atoms with E-state index in [9.17, 15) is 4.79 Å². The number of carboxylic acid groups (broad SMARTS) is 1. The summed E-state index contributed by atoms with van der Waals surface area (Å²) in [6.07, 6.45) is 4.68. The van der Waals surface area contributed by atoms with Crippen LogP contribution in [0.5, 0.6) is 5.75 Å². The number of nitrogens with two attached hydrogens (primary N) is 2. The first-order valence-corrected chi connectivity index (χ1v) is 8.33. The maximum Gasteiger partial charge on any atom is 0.307 e. The predicted octanol–water partition coefficient (Wildman–Crippen LogP) is 1.43. The molecule has 0 amide bonds. The Morgan fingerprint density at radius 1 is 1.32 bits per heavy atom. The van der Waals surface area contributed by atoms with E-state index >= 15 is 0 Å². The molecule has 0 unspecified atom stereocenters. The predicted molar refractivity (Wildman–Crippen MR) is 95.9 cm³/mol. The van der Waals surface area contributed by atoms with Crippen LogP contribution in [0.1, 0.15) is 37.7 Å². The van der Waals surface area contributed by atoms with Crippen LogP contribution in [0.3, 0.4) is 0 Å². The number of anilines is 1. The van der Waals surface area contributed by atoms with E-state index in [0.29, 0.717) is 17.0 Å². The van der Waals surface area contributed by atoms with Crippen LogP contribution in [-0.2, 0) is 11.2 Å². The first-order chi connectivity index (χ1) is 11.9. The van der Waals surface area contributed by atoms with Crippen LogP contribution in [0.4, 0.5) is 5.69 Å². The highest BCUT2D eigenvalue weighted by molar-refractivity contribution is 6.06. The van der Waals surface area contributed by atoms with Crippen LogP contribution in [0.25, 0.3) is 0 Å². The number of aliphatic carboxylic acids is 1. The van der Waals surface area contributed by atoms with E-state index in [4.69, 9.17) is 21.3 Å². The Bertz CT molecular complexity index is 738. The van der Waals surface area contributed by atoms with E-state index in [1.165, 1.54) is 0 Å². The van der Waals surface area contributed by atoms with Crippen molar-refractivity contribution in [3.63, 3.8) is 0 Å². The highest BCUT2D eigenvalue weighted by Crippen LogP contribution is 2.42. The third kappa shape index (κ3) is 3.24. The number of ether oxygens (including phenoxy) is 1. The van der Waals surface area contributed by atoms with Crippen molar-refractivity contribution in [2.45, 2.75) is 44.2 Å². The molecule has 1 aliphatic heterocycles. The molecule has 2 aliphatic rings. The smallest absolute Gasteiger partial charge is 0.307 e. The fraction of sp³-hybridized carbons (Fsp3) is 0.471. The second-order valence-electron chi connectivity index (χ2n) is 6.40. The molecule has 0 atom stereocenters. The van der Waals surface area contributed by atoms with Gasteiger partial charge in [-0.2, -0.15) is 4.99 Å². The van der Waals surface area contributed by atoms with Crippen molar-refractivity contribution in [3.05, 3.63) is 23.8 Å². The number of benzene rings is 1. The molecule has 1 aliphatic carbocycles. The average Bonchev–Trinajstić information content (AvgIpc) is 2.54. The van der Waals surface area contributed by atoms with Crippen molar-refractivity contribution in [2.75, 3.05) is 12.0 Å². The lowest BCUT2D eigenvalue weighted by Crippen LogP contribution is -2.58. The molecule has 8 heteroatoms. The third-order valence-electron chi connectivity index (χ3n) is 4.69. The zero-order chi connectivity index (χ0) is 18.0. The largest absolute Gasteiger partial charge is 0.495 e. The Kier molecular flexibility index (Phi) is 4.52. The Labute approximate surface area is 146 Å². The van der Waals surface area contributed by atoms with E-state index < -0.39 is 11.6 Å². The molecular weight excluding hydrogens is 322 g/mol. The minimum atomic E-state index is -0.897. The van der Waals surface area contributed by atoms with Gasteiger partial charge in [0.05, 0.1) is 19.2 Å². The van der Waals surface area contributed by atoms with Crippen LogP contribution >= 0.6 is 0 Å². The molecule has 3 rings (SSSR count). The van der Waals surface area contributed by atoms with Gasteiger partial charge < -0.3 is 21.3 Å². The minimum absolute atomic E-state index is 0.0830. The molecule has 1 spiro atoms. The quantitative estimate of drug-likeness (QED) is 0.758. The number of carbonyl (C=O) groups is 1. The van der Waals surface area contributed by atoms with Gasteiger partial charge in [0.1, 0.15) is 11.4 Å². The topological polar surface area (TPSA) is 127 Å². The Balaban J connectivity index is 2.11. The van der Waals surface area contributed by atoms with Gasteiger partial charge in [0, 0.05) is 0 Å². The molecule has 25 heavy (non-hydrogen) atoms. The van der Waals surface area contributed by atoms with Crippen molar-refractivity contribution in [2.24, 2.45) is 21.5 Å². The normalized spacial score (nSPS) is 19.3. The number of hydrogen-bond donors (Lipinski definition) is 3. The lowest BCUT2D eigenvalue weighted by molar-refractivity contribution is -0.136. The summed E-state index contributed by atoms with van der Waals surface area (Å²) in [5, 5.41) is 9.09. The standard InChI is InChI=1S/C17H23N5O3/c1-25-13-6-5-11(10-14(23)24)9-12(13)22-16(19)20-15(18)21-17(22)7-3-2-4-8-17/h5-6,9H,2-4,7-8,10H2,1H3,(H,23,24)(H4,18,19,20,21). The van der Waals surface area contributed by atoms with Crippen molar-refractivity contribution < 1.29 is 14.6 Å². The van der Waals surface area contributed by atoms with Crippen LogP contribution < -0.4 is 21.1 Å². The summed E-state index contributed by atoms with van der Waals surface area (Å²) >= 11 is 0. The third-order valence-corrected chi connectivity index (χ3v) is 4.69. The van der Waals surface area contributed by atoms with Crippen LogP contribution in [0.2, 0.25) is 0 Å². The number of methoxy groups -OCH3 is 1. The second kappa shape index (κ2) is 6.62. The Morgan fingerprint density at radius 3 is 2.68 bits per heavy atom. The fourth-order valence-electron chi connectivity index (χ4n) is 3.66. The first-order valence-electron chi connectivity index (χ1n) is 8.33. The molecule has 0 radical (unpaired) electrons. The minimum Gasteiger partial charge on any atom is -0.495 e. The molecule has 1 heterocycles.